The lowest BCUT2D eigenvalue weighted by atomic mass is 10.1. The van der Waals surface area contributed by atoms with E-state index in [1.54, 1.807) is 7.11 Å². The summed E-state index contributed by atoms with van der Waals surface area (Å²) in [6.07, 6.45) is -0.0458. The van der Waals surface area contributed by atoms with E-state index in [0.717, 1.165) is 47.9 Å². The van der Waals surface area contributed by atoms with Gasteiger partial charge in [0.1, 0.15) is 17.5 Å². The maximum Gasteiger partial charge on any atom is 0.253 e. The van der Waals surface area contributed by atoms with Crippen LogP contribution in [0, 0.1) is 0 Å². The van der Waals surface area contributed by atoms with E-state index in [1.807, 2.05) is 64.2 Å². The fourth-order valence-electron chi connectivity index (χ4n) is 4.29. The Morgan fingerprint density at radius 3 is 2.53 bits per heavy atom. The Morgan fingerprint density at radius 2 is 1.81 bits per heavy atom. The van der Waals surface area contributed by atoms with Gasteiger partial charge in [-0.2, -0.15) is 0 Å². The molecule has 32 heavy (non-hydrogen) atoms. The number of hydrogen-bond acceptors (Lipinski definition) is 6. The van der Waals surface area contributed by atoms with E-state index >= 15 is 0 Å². The normalized spacial score (nSPS) is 18.9. The minimum absolute atomic E-state index is 0.0458. The second-order valence-electron chi connectivity index (χ2n) is 8.17. The monoisotopic (exact) mass is 433 g/mol. The predicted octanol–water partition coefficient (Wildman–Crippen LogP) is 2.52. The molecule has 0 N–H and O–H groups in total. The summed E-state index contributed by atoms with van der Waals surface area (Å²) in [5.41, 5.74) is 3.85. The minimum atomic E-state index is -0.0458. The van der Waals surface area contributed by atoms with E-state index in [2.05, 4.69) is 15.2 Å². The number of carbonyl (C=O) groups is 1. The highest BCUT2D eigenvalue weighted by Gasteiger charge is 2.27. The number of nitrogens with zero attached hydrogens (tertiary/aromatic N) is 5. The van der Waals surface area contributed by atoms with Crippen LogP contribution in [0.15, 0.2) is 54.6 Å². The van der Waals surface area contributed by atoms with Gasteiger partial charge in [0, 0.05) is 38.3 Å². The summed E-state index contributed by atoms with van der Waals surface area (Å²) >= 11 is 0. The Morgan fingerprint density at radius 1 is 1.06 bits per heavy atom. The fraction of sp³-hybridized carbons (Fsp3) is 0.375. The lowest BCUT2D eigenvalue weighted by molar-refractivity contribution is -0.00223. The molecular weight excluding hydrogens is 406 g/mol. The second kappa shape index (κ2) is 9.10. The molecular formula is C24H27N5O3. The van der Waals surface area contributed by atoms with Gasteiger partial charge in [-0.3, -0.25) is 9.69 Å². The zero-order valence-corrected chi connectivity index (χ0v) is 18.2. The molecule has 8 nitrogen and oxygen atoms in total. The Kier molecular flexibility index (Phi) is 5.87. The number of methoxy groups -OCH3 is 1. The molecule has 0 saturated carbocycles. The third kappa shape index (κ3) is 4.24. The van der Waals surface area contributed by atoms with Gasteiger partial charge in [-0.05, 0) is 29.8 Å². The molecule has 1 amide bonds. The van der Waals surface area contributed by atoms with Crippen molar-refractivity contribution in [1.29, 1.82) is 0 Å². The molecule has 8 heteroatoms. The molecule has 2 aliphatic heterocycles. The Labute approximate surface area is 187 Å². The molecule has 3 heterocycles. The first-order valence-electron chi connectivity index (χ1n) is 10.9. The van der Waals surface area contributed by atoms with Crippen molar-refractivity contribution in [1.82, 2.24) is 24.8 Å². The van der Waals surface area contributed by atoms with Crippen LogP contribution in [-0.2, 0) is 24.4 Å². The van der Waals surface area contributed by atoms with Gasteiger partial charge in [0.2, 0.25) is 0 Å². The molecule has 0 radical (unpaired) electrons. The summed E-state index contributed by atoms with van der Waals surface area (Å²) in [5.74, 6) is 0.933. The van der Waals surface area contributed by atoms with Gasteiger partial charge in [-0.1, -0.05) is 35.5 Å². The number of ether oxygens (including phenoxy) is 2. The zero-order chi connectivity index (χ0) is 21.9. The van der Waals surface area contributed by atoms with Crippen LogP contribution in [0.4, 0.5) is 0 Å². The van der Waals surface area contributed by atoms with Crippen LogP contribution in [0.5, 0.6) is 5.75 Å². The van der Waals surface area contributed by atoms with Gasteiger partial charge < -0.3 is 14.4 Å². The van der Waals surface area contributed by atoms with Crippen LogP contribution in [-0.4, -0.2) is 64.0 Å². The number of rotatable bonds is 5. The van der Waals surface area contributed by atoms with E-state index < -0.39 is 0 Å². The molecule has 0 unspecified atom stereocenters. The van der Waals surface area contributed by atoms with Crippen molar-refractivity contribution < 1.29 is 14.3 Å². The molecule has 166 valence electrons. The van der Waals surface area contributed by atoms with Gasteiger partial charge in [-0.15, -0.1) is 5.10 Å². The first-order chi connectivity index (χ1) is 15.7. The van der Waals surface area contributed by atoms with Crippen LogP contribution >= 0.6 is 0 Å². The van der Waals surface area contributed by atoms with E-state index in [-0.39, 0.29) is 12.0 Å². The van der Waals surface area contributed by atoms with Gasteiger partial charge in [0.25, 0.3) is 5.91 Å². The van der Waals surface area contributed by atoms with E-state index in [4.69, 9.17) is 9.47 Å². The van der Waals surface area contributed by atoms with Crippen LogP contribution in [0.1, 0.15) is 33.4 Å². The van der Waals surface area contributed by atoms with Gasteiger partial charge >= 0.3 is 0 Å². The van der Waals surface area contributed by atoms with Crippen molar-refractivity contribution in [3.8, 4) is 5.75 Å². The highest BCUT2D eigenvalue weighted by atomic mass is 16.5. The Balaban J connectivity index is 1.18. The van der Waals surface area contributed by atoms with Crippen molar-refractivity contribution in [3.63, 3.8) is 0 Å². The van der Waals surface area contributed by atoms with E-state index in [1.165, 1.54) is 0 Å². The summed E-state index contributed by atoms with van der Waals surface area (Å²) in [4.78, 5) is 16.9. The summed E-state index contributed by atoms with van der Waals surface area (Å²) < 4.78 is 13.3. The molecule has 1 saturated heterocycles. The molecule has 2 aliphatic rings. The lowest BCUT2D eigenvalue weighted by Gasteiger charge is -2.34. The smallest absolute Gasteiger partial charge is 0.253 e. The van der Waals surface area contributed by atoms with Crippen LogP contribution in [0.3, 0.4) is 0 Å². The molecule has 3 aromatic rings. The molecule has 1 fully saturated rings. The van der Waals surface area contributed by atoms with Gasteiger partial charge in [0.15, 0.2) is 0 Å². The van der Waals surface area contributed by atoms with Crippen molar-refractivity contribution in [2.45, 2.75) is 25.8 Å². The zero-order valence-electron chi connectivity index (χ0n) is 18.2. The first kappa shape index (κ1) is 20.7. The highest BCUT2D eigenvalue weighted by molar-refractivity contribution is 5.94. The summed E-state index contributed by atoms with van der Waals surface area (Å²) in [5, 5.41) is 8.83. The molecule has 0 bridgehead atoms. The topological polar surface area (TPSA) is 72.7 Å². The number of piperazine rings is 1. The Hall–Kier alpha value is -3.23. The maximum atomic E-state index is 12.7. The van der Waals surface area contributed by atoms with Crippen molar-refractivity contribution in [3.05, 3.63) is 77.1 Å². The van der Waals surface area contributed by atoms with E-state index in [9.17, 15) is 4.79 Å². The number of amides is 1. The highest BCUT2D eigenvalue weighted by Crippen LogP contribution is 2.28. The maximum absolute atomic E-state index is 12.7. The second-order valence-corrected chi connectivity index (χ2v) is 8.17. The van der Waals surface area contributed by atoms with Crippen LogP contribution in [0.25, 0.3) is 0 Å². The largest absolute Gasteiger partial charge is 0.497 e. The number of aromatic nitrogens is 3. The standard InChI is InChI=1S/C24H27N5O3/c1-31-20-9-7-18(8-10-20)23-16-29-22(17-32-23)21(25-26-29)15-27-11-13-28(14-12-27)24(30)19-5-3-2-4-6-19/h2-10,23H,11-17H2,1H3/t23-/m1/s1. The SMILES string of the molecule is COc1ccc([C@H]2Cn3nnc(CN4CCN(C(=O)c5ccccc5)CC4)c3CO2)cc1. The van der Waals surface area contributed by atoms with Crippen LogP contribution < -0.4 is 4.74 Å². The first-order valence-corrected chi connectivity index (χ1v) is 10.9. The molecule has 0 spiro atoms. The summed E-state index contributed by atoms with van der Waals surface area (Å²) in [7, 11) is 1.66. The van der Waals surface area contributed by atoms with Crippen molar-refractivity contribution >= 4 is 5.91 Å². The third-order valence-electron chi connectivity index (χ3n) is 6.22. The lowest BCUT2D eigenvalue weighted by Crippen LogP contribution is -2.48. The molecule has 1 atom stereocenters. The molecule has 0 aliphatic carbocycles. The fourth-order valence-corrected chi connectivity index (χ4v) is 4.29. The van der Waals surface area contributed by atoms with E-state index in [0.29, 0.717) is 26.2 Å². The molecule has 2 aromatic carbocycles. The third-order valence-corrected chi connectivity index (χ3v) is 6.22. The van der Waals surface area contributed by atoms with Crippen molar-refractivity contribution in [2.24, 2.45) is 0 Å². The summed E-state index contributed by atoms with van der Waals surface area (Å²) in [6, 6.07) is 17.4. The number of fused-ring (bicyclic) bond motifs is 1. The quantitative estimate of drug-likeness (QED) is 0.616. The van der Waals surface area contributed by atoms with Crippen LogP contribution in [0.2, 0.25) is 0 Å². The van der Waals surface area contributed by atoms with Gasteiger partial charge in [0.05, 0.1) is 26.0 Å². The number of hydrogen-bond donors (Lipinski definition) is 0. The predicted molar refractivity (Wildman–Crippen MR) is 118 cm³/mol. The average Bonchev–Trinajstić information content (AvgIpc) is 3.26. The van der Waals surface area contributed by atoms with Crippen molar-refractivity contribution in [2.75, 3.05) is 33.3 Å². The molecule has 5 rings (SSSR count). The minimum Gasteiger partial charge on any atom is -0.497 e. The number of benzene rings is 2. The summed E-state index contributed by atoms with van der Waals surface area (Å²) in [6.45, 7) is 4.93. The van der Waals surface area contributed by atoms with Gasteiger partial charge in [-0.25, -0.2) is 4.68 Å². The average molecular weight is 434 g/mol. The molecule has 1 aromatic heterocycles. The number of carbonyl (C=O) groups excluding carboxylic acids is 1. The Bertz CT molecular complexity index is 1060.